The summed E-state index contributed by atoms with van der Waals surface area (Å²) in [6.07, 6.45) is 4.53. The predicted molar refractivity (Wildman–Crippen MR) is 108 cm³/mol. The second kappa shape index (κ2) is 9.22. The molecule has 28 heavy (non-hydrogen) atoms. The van der Waals surface area contributed by atoms with E-state index < -0.39 is 6.04 Å². The van der Waals surface area contributed by atoms with Crippen molar-refractivity contribution in [1.82, 2.24) is 15.5 Å². The van der Waals surface area contributed by atoms with E-state index in [2.05, 4.69) is 10.6 Å². The molecule has 0 bridgehead atoms. The first kappa shape index (κ1) is 20.4. The van der Waals surface area contributed by atoms with Crippen LogP contribution in [0.25, 0.3) is 0 Å². The summed E-state index contributed by atoms with van der Waals surface area (Å²) < 4.78 is 0. The second-order valence-corrected chi connectivity index (χ2v) is 8.11. The zero-order valence-electron chi connectivity index (χ0n) is 16.8. The van der Waals surface area contributed by atoms with Crippen LogP contribution in [-0.4, -0.2) is 47.8 Å². The summed E-state index contributed by atoms with van der Waals surface area (Å²) in [6, 6.07) is 8.71. The maximum absolute atomic E-state index is 13.2. The van der Waals surface area contributed by atoms with Crippen molar-refractivity contribution < 1.29 is 14.4 Å². The van der Waals surface area contributed by atoms with Gasteiger partial charge in [-0.05, 0) is 43.7 Å². The molecule has 3 amide bonds. The lowest BCUT2D eigenvalue weighted by molar-refractivity contribution is -0.138. The number of benzene rings is 1. The number of likely N-dealkylation sites (tertiary alicyclic amines) is 1. The maximum atomic E-state index is 13.2. The van der Waals surface area contributed by atoms with Gasteiger partial charge in [0.2, 0.25) is 11.8 Å². The fraction of sp³-hybridized carbons (Fsp3) is 0.591. The highest BCUT2D eigenvalue weighted by Gasteiger charge is 2.36. The summed E-state index contributed by atoms with van der Waals surface area (Å²) >= 11 is 0. The van der Waals surface area contributed by atoms with Crippen LogP contribution in [0.4, 0.5) is 0 Å². The topological polar surface area (TPSA) is 78.5 Å². The average Bonchev–Trinajstić information content (AvgIpc) is 3.55. The fourth-order valence-corrected chi connectivity index (χ4v) is 3.63. The first-order chi connectivity index (χ1) is 13.5. The predicted octanol–water partition coefficient (Wildman–Crippen LogP) is 2.35. The molecule has 0 aromatic heterocycles. The van der Waals surface area contributed by atoms with Crippen molar-refractivity contribution in [3.05, 3.63) is 35.9 Å². The molecule has 3 rings (SSSR count). The van der Waals surface area contributed by atoms with Gasteiger partial charge in [0.1, 0.15) is 6.04 Å². The van der Waals surface area contributed by atoms with Crippen LogP contribution in [0.15, 0.2) is 30.3 Å². The molecule has 3 atom stereocenters. The molecule has 1 aromatic rings. The van der Waals surface area contributed by atoms with Crippen molar-refractivity contribution in [2.24, 2.45) is 11.8 Å². The van der Waals surface area contributed by atoms with Crippen LogP contribution in [0.5, 0.6) is 0 Å². The van der Waals surface area contributed by atoms with Crippen molar-refractivity contribution in [3.63, 3.8) is 0 Å². The second-order valence-electron chi connectivity index (χ2n) is 8.11. The van der Waals surface area contributed by atoms with E-state index in [1.807, 2.05) is 32.0 Å². The number of carbonyl (C=O) groups is 3. The van der Waals surface area contributed by atoms with Gasteiger partial charge in [-0.25, -0.2) is 0 Å². The van der Waals surface area contributed by atoms with E-state index in [4.69, 9.17) is 0 Å². The third-order valence-corrected chi connectivity index (χ3v) is 5.83. The molecule has 1 aliphatic heterocycles. The number of piperidine rings is 1. The van der Waals surface area contributed by atoms with Crippen LogP contribution in [0.2, 0.25) is 0 Å². The highest BCUT2D eigenvalue weighted by molar-refractivity contribution is 5.97. The van der Waals surface area contributed by atoms with Crippen molar-refractivity contribution >= 4 is 17.7 Å². The Hall–Kier alpha value is -2.37. The molecule has 1 aromatic carbocycles. The molecule has 1 aliphatic carbocycles. The molecule has 6 heteroatoms. The zero-order chi connectivity index (χ0) is 20.1. The summed E-state index contributed by atoms with van der Waals surface area (Å²) in [5, 5.41) is 5.99. The summed E-state index contributed by atoms with van der Waals surface area (Å²) in [5.41, 5.74) is 0.545. The average molecular weight is 386 g/mol. The number of hydrogen-bond donors (Lipinski definition) is 2. The van der Waals surface area contributed by atoms with Crippen LogP contribution < -0.4 is 10.6 Å². The van der Waals surface area contributed by atoms with Gasteiger partial charge in [0, 0.05) is 24.7 Å². The lowest BCUT2D eigenvalue weighted by Crippen LogP contribution is -2.55. The number of hydrogen-bond acceptors (Lipinski definition) is 3. The molecule has 0 radical (unpaired) electrons. The minimum absolute atomic E-state index is 0.0147. The molecule has 2 fully saturated rings. The van der Waals surface area contributed by atoms with Crippen LogP contribution in [0, 0.1) is 11.8 Å². The lowest BCUT2D eigenvalue weighted by Gasteiger charge is -2.36. The van der Waals surface area contributed by atoms with Gasteiger partial charge in [-0.2, -0.15) is 0 Å². The van der Waals surface area contributed by atoms with Gasteiger partial charge in [0.25, 0.3) is 5.91 Å². The smallest absolute Gasteiger partial charge is 0.251 e. The van der Waals surface area contributed by atoms with Crippen LogP contribution in [0.1, 0.15) is 56.3 Å². The zero-order valence-corrected chi connectivity index (χ0v) is 16.8. The molecular formula is C22H31N3O3. The molecule has 2 aliphatic rings. The van der Waals surface area contributed by atoms with Gasteiger partial charge in [-0.1, -0.05) is 38.5 Å². The molecule has 3 unspecified atom stereocenters. The number of nitrogens with zero attached hydrogens (tertiary/aromatic N) is 1. The quantitative estimate of drug-likeness (QED) is 0.756. The summed E-state index contributed by atoms with van der Waals surface area (Å²) in [4.78, 5) is 40.1. The first-order valence-electron chi connectivity index (χ1n) is 10.4. The van der Waals surface area contributed by atoms with E-state index in [0.29, 0.717) is 24.7 Å². The van der Waals surface area contributed by atoms with Gasteiger partial charge in [-0.3, -0.25) is 14.4 Å². The van der Waals surface area contributed by atoms with Crippen molar-refractivity contribution in [2.45, 2.75) is 58.0 Å². The van der Waals surface area contributed by atoms with Crippen molar-refractivity contribution in [2.75, 3.05) is 13.1 Å². The monoisotopic (exact) mass is 385 g/mol. The van der Waals surface area contributed by atoms with Gasteiger partial charge in [-0.15, -0.1) is 0 Å². The summed E-state index contributed by atoms with van der Waals surface area (Å²) in [7, 11) is 0. The Bertz CT molecular complexity index is 702. The molecule has 152 valence electrons. The third kappa shape index (κ3) is 5.12. The number of rotatable bonds is 7. The summed E-state index contributed by atoms with van der Waals surface area (Å²) in [5.74, 6) is -0.392. The Balaban J connectivity index is 1.66. The minimum Gasteiger partial charge on any atom is -0.353 e. The lowest BCUT2D eigenvalue weighted by atomic mass is 9.93. The van der Waals surface area contributed by atoms with Crippen molar-refractivity contribution in [3.8, 4) is 0 Å². The minimum atomic E-state index is -0.581. The molecular weight excluding hydrogens is 354 g/mol. The Morgan fingerprint density at radius 3 is 2.50 bits per heavy atom. The fourth-order valence-electron chi connectivity index (χ4n) is 3.63. The van der Waals surface area contributed by atoms with E-state index >= 15 is 0 Å². The normalized spacial score (nSPS) is 21.5. The summed E-state index contributed by atoms with van der Waals surface area (Å²) in [6.45, 7) is 5.07. The highest BCUT2D eigenvalue weighted by atomic mass is 16.2. The first-order valence-corrected chi connectivity index (χ1v) is 10.4. The SMILES string of the molecule is CCC(C)C(NC(=O)c1ccccc1)C(=O)N1CCCC(C(=O)NC2CC2)C1. The van der Waals surface area contributed by atoms with Crippen molar-refractivity contribution in [1.29, 1.82) is 0 Å². The maximum Gasteiger partial charge on any atom is 0.251 e. The Kier molecular flexibility index (Phi) is 6.70. The molecule has 1 saturated heterocycles. The van der Waals surface area contributed by atoms with E-state index in [9.17, 15) is 14.4 Å². The van der Waals surface area contributed by atoms with Gasteiger partial charge in [0.15, 0.2) is 0 Å². The van der Waals surface area contributed by atoms with Gasteiger partial charge < -0.3 is 15.5 Å². The van der Waals surface area contributed by atoms with Crippen LogP contribution in [0.3, 0.4) is 0 Å². The van der Waals surface area contributed by atoms with Crippen LogP contribution >= 0.6 is 0 Å². The molecule has 6 nitrogen and oxygen atoms in total. The van der Waals surface area contributed by atoms with E-state index in [0.717, 1.165) is 32.1 Å². The van der Waals surface area contributed by atoms with Crippen LogP contribution in [-0.2, 0) is 9.59 Å². The third-order valence-electron chi connectivity index (χ3n) is 5.83. The largest absolute Gasteiger partial charge is 0.353 e. The Morgan fingerprint density at radius 1 is 1.14 bits per heavy atom. The molecule has 2 N–H and O–H groups in total. The van der Waals surface area contributed by atoms with E-state index in [-0.39, 0.29) is 29.6 Å². The Labute approximate surface area is 167 Å². The van der Waals surface area contributed by atoms with E-state index in [1.165, 1.54) is 0 Å². The molecule has 0 spiro atoms. The number of carbonyl (C=O) groups excluding carboxylic acids is 3. The molecule has 1 saturated carbocycles. The Morgan fingerprint density at radius 2 is 1.86 bits per heavy atom. The molecule has 1 heterocycles. The number of amides is 3. The van der Waals surface area contributed by atoms with Gasteiger partial charge >= 0.3 is 0 Å². The van der Waals surface area contributed by atoms with Gasteiger partial charge in [0.05, 0.1) is 5.92 Å². The number of nitrogens with one attached hydrogen (secondary N) is 2. The highest BCUT2D eigenvalue weighted by Crippen LogP contribution is 2.23. The van der Waals surface area contributed by atoms with E-state index in [1.54, 1.807) is 17.0 Å². The standard InChI is InChI=1S/C22H31N3O3/c1-3-15(2)19(24-20(26)16-8-5-4-6-9-16)22(28)25-13-7-10-17(14-25)21(27)23-18-11-12-18/h4-6,8-9,15,17-19H,3,7,10-14H2,1-2H3,(H,23,27)(H,24,26).